The molecule has 0 atom stereocenters. The fraction of sp³-hybridized carbons (Fsp3) is 0.423. The Morgan fingerprint density at radius 2 is 1.84 bits per heavy atom. The molecule has 1 amide bonds. The molecule has 0 spiro atoms. The maximum absolute atomic E-state index is 13.7. The molecule has 3 aromatic rings. The second-order valence-corrected chi connectivity index (χ2v) is 8.85. The summed E-state index contributed by atoms with van der Waals surface area (Å²) in [6, 6.07) is 9.04. The van der Waals surface area contributed by atoms with Gasteiger partial charge in [0.1, 0.15) is 19.0 Å². The Labute approximate surface area is 216 Å². The Morgan fingerprint density at radius 1 is 1.08 bits per heavy atom. The maximum atomic E-state index is 13.7. The van der Waals surface area contributed by atoms with Gasteiger partial charge in [-0.05, 0) is 48.7 Å². The number of aliphatic hydroxyl groups excluding tert-OH is 1. The van der Waals surface area contributed by atoms with Gasteiger partial charge in [-0.1, -0.05) is 6.07 Å². The first-order valence-electron chi connectivity index (χ1n) is 12.2. The average molecular weight is 534 g/mol. The number of amides is 1. The molecule has 1 aromatic heterocycles. The molecule has 1 fully saturated rings. The number of hydrogen-bond donors (Lipinski definition) is 1. The summed E-state index contributed by atoms with van der Waals surface area (Å²) >= 11 is 0. The first-order chi connectivity index (χ1) is 18.4. The van der Waals surface area contributed by atoms with Gasteiger partial charge in [0, 0.05) is 19.1 Å². The summed E-state index contributed by atoms with van der Waals surface area (Å²) < 4.78 is 44.0. The van der Waals surface area contributed by atoms with Crippen molar-refractivity contribution in [3.8, 4) is 17.2 Å². The van der Waals surface area contributed by atoms with Crippen LogP contribution < -0.4 is 25.5 Å². The van der Waals surface area contributed by atoms with E-state index in [1.165, 1.54) is 25.3 Å². The largest absolute Gasteiger partial charge is 0.493 e. The Bertz CT molecular complexity index is 1400. The third kappa shape index (κ3) is 5.80. The second kappa shape index (κ2) is 12.1. The Hall–Kier alpha value is -3.93. The first-order valence-corrected chi connectivity index (χ1v) is 12.2. The van der Waals surface area contributed by atoms with Crippen molar-refractivity contribution in [3.05, 3.63) is 62.8 Å². The molecule has 0 bridgehead atoms. The molecule has 204 valence electrons. The van der Waals surface area contributed by atoms with Crippen LogP contribution in [-0.4, -0.2) is 72.0 Å². The monoisotopic (exact) mass is 533 g/mol. The predicted octanol–water partition coefficient (Wildman–Crippen LogP) is 2.03. The highest BCUT2D eigenvalue weighted by molar-refractivity contribution is 5.80. The molecule has 1 aliphatic heterocycles. The van der Waals surface area contributed by atoms with Gasteiger partial charge in [-0.25, -0.2) is 13.6 Å². The number of benzene rings is 2. The summed E-state index contributed by atoms with van der Waals surface area (Å²) in [6.45, 7) is -0.0880. The Kier molecular flexibility index (Phi) is 8.62. The van der Waals surface area contributed by atoms with Crippen LogP contribution in [0, 0.1) is 0 Å². The first kappa shape index (κ1) is 27.1. The predicted molar refractivity (Wildman–Crippen MR) is 135 cm³/mol. The van der Waals surface area contributed by atoms with E-state index in [1.807, 2.05) is 0 Å². The molecule has 1 N–H and O–H groups in total. The van der Waals surface area contributed by atoms with Crippen LogP contribution >= 0.6 is 0 Å². The molecular weight excluding hydrogens is 504 g/mol. The minimum atomic E-state index is -2.68. The highest BCUT2D eigenvalue weighted by atomic mass is 19.3. The van der Waals surface area contributed by atoms with Crippen LogP contribution in [-0.2, 0) is 11.3 Å². The molecule has 2 aromatic carbocycles. The number of fused-ring (bicyclic) bond motifs is 1. The molecule has 1 saturated heterocycles. The van der Waals surface area contributed by atoms with Crippen molar-refractivity contribution < 1.29 is 32.9 Å². The van der Waals surface area contributed by atoms with Crippen molar-refractivity contribution in [2.45, 2.75) is 31.9 Å². The van der Waals surface area contributed by atoms with Crippen LogP contribution in [0.2, 0.25) is 0 Å². The molecule has 0 saturated carbocycles. The topological polar surface area (TPSA) is 112 Å². The number of halogens is 2. The summed E-state index contributed by atoms with van der Waals surface area (Å²) in [5, 5.41) is 9.18. The number of carbonyl (C=O) groups is 1. The lowest BCUT2D eigenvalue weighted by molar-refractivity contribution is -0.119. The van der Waals surface area contributed by atoms with E-state index < -0.39 is 24.3 Å². The van der Waals surface area contributed by atoms with Crippen molar-refractivity contribution in [1.29, 1.82) is 0 Å². The van der Waals surface area contributed by atoms with E-state index in [9.17, 15) is 23.2 Å². The van der Waals surface area contributed by atoms with Gasteiger partial charge in [-0.2, -0.15) is 0 Å². The van der Waals surface area contributed by atoms with Crippen LogP contribution in [0.3, 0.4) is 0 Å². The van der Waals surface area contributed by atoms with Gasteiger partial charge in [0.25, 0.3) is 12.0 Å². The van der Waals surface area contributed by atoms with Gasteiger partial charge >= 0.3 is 5.69 Å². The quantitative estimate of drug-likeness (QED) is 0.376. The lowest BCUT2D eigenvalue weighted by Gasteiger charge is -2.31. The summed E-state index contributed by atoms with van der Waals surface area (Å²) in [4.78, 5) is 40.1. The number of rotatable bonds is 11. The van der Waals surface area contributed by atoms with E-state index in [0.29, 0.717) is 48.5 Å². The summed E-state index contributed by atoms with van der Waals surface area (Å²) in [5.74, 6) is 0.861. The molecule has 0 aliphatic carbocycles. The van der Waals surface area contributed by atoms with Crippen molar-refractivity contribution in [1.82, 2.24) is 14.0 Å². The number of methoxy groups -OCH3 is 1. The van der Waals surface area contributed by atoms with Crippen molar-refractivity contribution in [3.63, 3.8) is 0 Å². The Balaban J connectivity index is 1.80. The van der Waals surface area contributed by atoms with E-state index in [2.05, 4.69) is 0 Å². The summed E-state index contributed by atoms with van der Waals surface area (Å²) in [7, 11) is 1.45. The zero-order chi connectivity index (χ0) is 27.2. The zero-order valence-electron chi connectivity index (χ0n) is 20.8. The van der Waals surface area contributed by atoms with Crippen LogP contribution in [0.4, 0.5) is 8.78 Å². The summed E-state index contributed by atoms with van der Waals surface area (Å²) in [5.41, 5.74) is -0.152. The molecule has 12 heteroatoms. The molecule has 0 unspecified atom stereocenters. The number of hydrogen-bond acceptors (Lipinski definition) is 7. The maximum Gasteiger partial charge on any atom is 0.332 e. The van der Waals surface area contributed by atoms with Crippen LogP contribution in [0.15, 0.2) is 46.0 Å². The average Bonchev–Trinajstić information content (AvgIpc) is 2.93. The van der Waals surface area contributed by atoms with Crippen molar-refractivity contribution in [2.75, 3.05) is 40.0 Å². The number of ether oxygens (including phenoxy) is 3. The highest BCUT2D eigenvalue weighted by Gasteiger charge is 2.25. The van der Waals surface area contributed by atoms with Gasteiger partial charge in [-0.3, -0.25) is 18.7 Å². The van der Waals surface area contributed by atoms with Gasteiger partial charge < -0.3 is 24.2 Å². The fourth-order valence-corrected chi connectivity index (χ4v) is 4.62. The van der Waals surface area contributed by atoms with E-state index >= 15 is 0 Å². The normalized spacial score (nSPS) is 14.2. The molecule has 10 nitrogen and oxygen atoms in total. The molecular formula is C26H29F2N3O7. The smallest absolute Gasteiger partial charge is 0.332 e. The standard InChI is InChI=1S/C26H29F2N3O7/c1-36-23-12-17(2-5-22(23)37-11-10-32)14-30-25(34)20-13-19(38-15-24(27)28)3-4-21(20)31(26(30)35)18-6-8-29(16-33)9-7-18/h2-5,12-13,16,18,24,32H,6-11,14-15H2,1H3. The molecule has 2 heterocycles. The lowest BCUT2D eigenvalue weighted by Crippen LogP contribution is -2.44. The number of aromatic nitrogens is 2. The lowest BCUT2D eigenvalue weighted by atomic mass is 10.0. The number of nitrogens with zero attached hydrogens (tertiary/aromatic N) is 3. The Morgan fingerprint density at radius 3 is 2.50 bits per heavy atom. The van der Waals surface area contributed by atoms with E-state index in [4.69, 9.17) is 19.3 Å². The number of carbonyl (C=O) groups excluding carboxylic acids is 1. The third-order valence-electron chi connectivity index (χ3n) is 6.45. The van der Waals surface area contributed by atoms with Crippen molar-refractivity contribution in [2.24, 2.45) is 0 Å². The SMILES string of the molecule is COc1cc(Cn2c(=O)c3cc(OCC(F)F)ccc3n(C3CCN(C=O)CC3)c2=O)ccc1OCCO. The number of aliphatic hydroxyl groups is 1. The van der Waals surface area contributed by atoms with Crippen LogP contribution in [0.5, 0.6) is 17.2 Å². The summed E-state index contributed by atoms with van der Waals surface area (Å²) in [6.07, 6.45) is -0.884. The third-order valence-corrected chi connectivity index (χ3v) is 6.45. The van der Waals surface area contributed by atoms with E-state index in [-0.39, 0.29) is 36.9 Å². The van der Waals surface area contributed by atoms with Gasteiger partial charge in [-0.15, -0.1) is 0 Å². The fourth-order valence-electron chi connectivity index (χ4n) is 4.62. The van der Waals surface area contributed by atoms with E-state index in [1.54, 1.807) is 27.7 Å². The van der Waals surface area contributed by atoms with Crippen molar-refractivity contribution >= 4 is 17.3 Å². The second-order valence-electron chi connectivity index (χ2n) is 8.85. The number of alkyl halides is 2. The van der Waals surface area contributed by atoms with Crippen LogP contribution in [0.1, 0.15) is 24.4 Å². The molecule has 4 rings (SSSR count). The molecule has 38 heavy (non-hydrogen) atoms. The highest BCUT2D eigenvalue weighted by Crippen LogP contribution is 2.29. The van der Waals surface area contributed by atoms with E-state index in [0.717, 1.165) is 11.0 Å². The molecule has 0 radical (unpaired) electrons. The molecule has 1 aliphatic rings. The zero-order valence-corrected chi connectivity index (χ0v) is 20.8. The number of piperidine rings is 1. The van der Waals surface area contributed by atoms with Gasteiger partial charge in [0.05, 0.1) is 31.2 Å². The van der Waals surface area contributed by atoms with Gasteiger partial charge in [0.2, 0.25) is 6.41 Å². The van der Waals surface area contributed by atoms with Crippen LogP contribution in [0.25, 0.3) is 10.9 Å². The minimum absolute atomic E-state index is 0.0728. The minimum Gasteiger partial charge on any atom is -0.493 e. The van der Waals surface area contributed by atoms with Gasteiger partial charge in [0.15, 0.2) is 11.5 Å². The number of likely N-dealkylation sites (tertiary alicyclic amines) is 1.